The van der Waals surface area contributed by atoms with Crippen molar-refractivity contribution < 1.29 is 0 Å². The van der Waals surface area contributed by atoms with Gasteiger partial charge in [0.25, 0.3) is 0 Å². The molecular weight excluding hydrogens is 210 g/mol. The molecule has 1 fully saturated rings. The molecule has 1 aromatic carbocycles. The van der Waals surface area contributed by atoms with Gasteiger partial charge in [-0.05, 0) is 49.8 Å². The zero-order valence-electron chi connectivity index (χ0n) is 10.7. The Morgan fingerprint density at radius 3 is 2.59 bits per heavy atom. The number of aliphatic imine (C=N–C) groups is 1. The molecule has 2 rings (SSSR count). The lowest BCUT2D eigenvalue weighted by Gasteiger charge is -2.08. The number of nitrogens with one attached hydrogen (secondary N) is 1. The molecule has 17 heavy (non-hydrogen) atoms. The molecule has 0 unspecified atom stereocenters. The van der Waals surface area contributed by atoms with Gasteiger partial charge in [-0.3, -0.25) is 4.99 Å². The molecule has 0 aliphatic heterocycles. The molecule has 0 amide bonds. The van der Waals surface area contributed by atoms with Crippen LogP contribution in [0.1, 0.15) is 29.5 Å². The van der Waals surface area contributed by atoms with E-state index in [1.165, 1.54) is 29.5 Å². The SMILES string of the molecule is Cc1cccc(C)c1CCN=C(N)NC1CC1. The number of hydrogen-bond donors (Lipinski definition) is 2. The molecule has 1 aliphatic carbocycles. The first-order chi connectivity index (χ1) is 8.16. The quantitative estimate of drug-likeness (QED) is 0.614. The van der Waals surface area contributed by atoms with Gasteiger partial charge in [-0.15, -0.1) is 0 Å². The maximum atomic E-state index is 5.79. The van der Waals surface area contributed by atoms with Crippen molar-refractivity contribution in [1.82, 2.24) is 5.32 Å². The van der Waals surface area contributed by atoms with Crippen molar-refractivity contribution in [1.29, 1.82) is 0 Å². The Kier molecular flexibility index (Phi) is 3.67. The first kappa shape index (κ1) is 12.0. The van der Waals surface area contributed by atoms with Gasteiger partial charge in [-0.25, -0.2) is 0 Å². The smallest absolute Gasteiger partial charge is 0.188 e. The average molecular weight is 231 g/mol. The van der Waals surface area contributed by atoms with Crippen molar-refractivity contribution in [2.24, 2.45) is 10.7 Å². The van der Waals surface area contributed by atoms with Crippen molar-refractivity contribution >= 4 is 5.96 Å². The first-order valence-electron chi connectivity index (χ1n) is 6.28. The second kappa shape index (κ2) is 5.21. The molecule has 0 atom stereocenters. The Labute approximate surface area is 103 Å². The highest BCUT2D eigenvalue weighted by Gasteiger charge is 2.21. The molecule has 92 valence electrons. The lowest BCUT2D eigenvalue weighted by molar-refractivity contribution is 0.866. The van der Waals surface area contributed by atoms with E-state index in [4.69, 9.17) is 5.73 Å². The molecule has 0 heterocycles. The minimum Gasteiger partial charge on any atom is -0.370 e. The van der Waals surface area contributed by atoms with Gasteiger partial charge >= 0.3 is 0 Å². The third kappa shape index (κ3) is 3.48. The molecule has 1 saturated carbocycles. The summed E-state index contributed by atoms with van der Waals surface area (Å²) in [5.41, 5.74) is 9.88. The van der Waals surface area contributed by atoms with Crippen molar-refractivity contribution in [2.45, 2.75) is 39.2 Å². The summed E-state index contributed by atoms with van der Waals surface area (Å²) in [5, 5.41) is 3.20. The molecule has 0 spiro atoms. The Bertz CT molecular complexity index is 399. The third-order valence-corrected chi connectivity index (χ3v) is 3.22. The van der Waals surface area contributed by atoms with Crippen LogP contribution in [0.5, 0.6) is 0 Å². The minimum atomic E-state index is 0.582. The van der Waals surface area contributed by atoms with E-state index < -0.39 is 0 Å². The molecule has 1 aromatic rings. The number of hydrogen-bond acceptors (Lipinski definition) is 1. The monoisotopic (exact) mass is 231 g/mol. The van der Waals surface area contributed by atoms with Gasteiger partial charge in [0.15, 0.2) is 5.96 Å². The third-order valence-electron chi connectivity index (χ3n) is 3.22. The van der Waals surface area contributed by atoms with Crippen LogP contribution in [0, 0.1) is 13.8 Å². The first-order valence-corrected chi connectivity index (χ1v) is 6.28. The number of nitrogens with two attached hydrogens (primary N) is 1. The summed E-state index contributed by atoms with van der Waals surface area (Å²) in [6.45, 7) is 5.06. The molecule has 1 aliphatic rings. The van der Waals surface area contributed by atoms with E-state index in [9.17, 15) is 0 Å². The van der Waals surface area contributed by atoms with Crippen LogP contribution in [-0.2, 0) is 6.42 Å². The molecule has 0 saturated heterocycles. The van der Waals surface area contributed by atoms with E-state index in [0.29, 0.717) is 12.0 Å². The Hall–Kier alpha value is -1.51. The van der Waals surface area contributed by atoms with Crippen LogP contribution in [0.4, 0.5) is 0 Å². The number of nitrogens with zero attached hydrogens (tertiary/aromatic N) is 1. The lowest BCUT2D eigenvalue weighted by atomic mass is 10.0. The van der Waals surface area contributed by atoms with E-state index in [1.54, 1.807) is 0 Å². The number of benzene rings is 1. The summed E-state index contributed by atoms with van der Waals surface area (Å²) in [6, 6.07) is 6.98. The van der Waals surface area contributed by atoms with Gasteiger partial charge in [-0.2, -0.15) is 0 Å². The predicted octanol–water partition coefficient (Wildman–Crippen LogP) is 1.91. The summed E-state index contributed by atoms with van der Waals surface area (Å²) in [6.07, 6.45) is 3.42. The molecule has 0 bridgehead atoms. The Morgan fingerprint density at radius 1 is 1.35 bits per heavy atom. The maximum Gasteiger partial charge on any atom is 0.188 e. The van der Waals surface area contributed by atoms with Crippen LogP contribution in [0.25, 0.3) is 0 Å². The lowest BCUT2D eigenvalue weighted by Crippen LogP contribution is -2.33. The molecule has 3 nitrogen and oxygen atoms in total. The number of rotatable bonds is 4. The fraction of sp³-hybridized carbons (Fsp3) is 0.500. The van der Waals surface area contributed by atoms with Gasteiger partial charge in [0.2, 0.25) is 0 Å². The van der Waals surface area contributed by atoms with Crippen molar-refractivity contribution in [3.05, 3.63) is 34.9 Å². The van der Waals surface area contributed by atoms with Gasteiger partial charge in [0.1, 0.15) is 0 Å². The molecule has 0 radical (unpaired) electrons. The maximum absolute atomic E-state index is 5.79. The van der Waals surface area contributed by atoms with Crippen LogP contribution < -0.4 is 11.1 Å². The van der Waals surface area contributed by atoms with E-state index in [-0.39, 0.29) is 0 Å². The van der Waals surface area contributed by atoms with Crippen molar-refractivity contribution in [3.63, 3.8) is 0 Å². The second-order valence-corrected chi connectivity index (χ2v) is 4.81. The fourth-order valence-corrected chi connectivity index (χ4v) is 2.01. The van der Waals surface area contributed by atoms with Crippen LogP contribution in [0.15, 0.2) is 23.2 Å². The summed E-state index contributed by atoms with van der Waals surface area (Å²) in [4.78, 5) is 4.37. The highest BCUT2D eigenvalue weighted by atomic mass is 15.1. The Balaban J connectivity index is 1.88. The molecular formula is C14H21N3. The van der Waals surface area contributed by atoms with Gasteiger partial charge < -0.3 is 11.1 Å². The highest BCUT2D eigenvalue weighted by molar-refractivity contribution is 5.78. The second-order valence-electron chi connectivity index (χ2n) is 4.81. The fourth-order valence-electron chi connectivity index (χ4n) is 2.01. The molecule has 3 heteroatoms. The van der Waals surface area contributed by atoms with E-state index >= 15 is 0 Å². The van der Waals surface area contributed by atoms with Crippen molar-refractivity contribution in [2.75, 3.05) is 6.54 Å². The average Bonchev–Trinajstić information content (AvgIpc) is 3.06. The van der Waals surface area contributed by atoms with Crippen LogP contribution in [0.2, 0.25) is 0 Å². The standard InChI is InChI=1S/C14H21N3/c1-10-4-3-5-11(2)13(10)8-9-16-14(15)17-12-6-7-12/h3-5,12H,6-9H2,1-2H3,(H3,15,16,17). The van der Waals surface area contributed by atoms with Crippen LogP contribution >= 0.6 is 0 Å². The zero-order valence-corrected chi connectivity index (χ0v) is 10.7. The van der Waals surface area contributed by atoms with E-state index in [2.05, 4.69) is 42.4 Å². The van der Waals surface area contributed by atoms with E-state index in [0.717, 1.165) is 13.0 Å². The van der Waals surface area contributed by atoms with Crippen LogP contribution in [0.3, 0.4) is 0 Å². The number of aryl methyl sites for hydroxylation is 2. The number of guanidine groups is 1. The summed E-state index contributed by atoms with van der Waals surface area (Å²) >= 11 is 0. The summed E-state index contributed by atoms with van der Waals surface area (Å²) in [5.74, 6) is 0.596. The van der Waals surface area contributed by atoms with Crippen LogP contribution in [-0.4, -0.2) is 18.5 Å². The predicted molar refractivity (Wildman–Crippen MR) is 72.3 cm³/mol. The van der Waals surface area contributed by atoms with Gasteiger partial charge in [-0.1, -0.05) is 18.2 Å². The zero-order chi connectivity index (χ0) is 12.3. The topological polar surface area (TPSA) is 50.4 Å². The summed E-state index contributed by atoms with van der Waals surface area (Å²) < 4.78 is 0. The Morgan fingerprint density at radius 2 is 2.00 bits per heavy atom. The normalized spacial score (nSPS) is 16.0. The molecule has 3 N–H and O–H groups in total. The van der Waals surface area contributed by atoms with Gasteiger partial charge in [0.05, 0.1) is 0 Å². The van der Waals surface area contributed by atoms with Gasteiger partial charge in [0, 0.05) is 12.6 Å². The highest BCUT2D eigenvalue weighted by Crippen LogP contribution is 2.18. The summed E-state index contributed by atoms with van der Waals surface area (Å²) in [7, 11) is 0. The molecule has 0 aromatic heterocycles. The van der Waals surface area contributed by atoms with Crippen molar-refractivity contribution in [3.8, 4) is 0 Å². The largest absolute Gasteiger partial charge is 0.370 e. The van der Waals surface area contributed by atoms with E-state index in [1.807, 2.05) is 0 Å². The minimum absolute atomic E-state index is 0.582.